The minimum Gasteiger partial charge on any atom is -0.494 e. The summed E-state index contributed by atoms with van der Waals surface area (Å²) in [5.74, 6) is 1.01. The third-order valence-electron chi connectivity index (χ3n) is 4.32. The summed E-state index contributed by atoms with van der Waals surface area (Å²) in [5, 5.41) is 0. The number of carbonyl (C=O) groups excluding carboxylic acids is 1. The van der Waals surface area contributed by atoms with Crippen LogP contribution in [0, 0.1) is 0 Å². The lowest BCUT2D eigenvalue weighted by molar-refractivity contribution is 0.0735. The van der Waals surface area contributed by atoms with Crippen molar-refractivity contribution in [3.8, 4) is 11.5 Å². The normalized spacial score (nSPS) is 10.8. The average Bonchev–Trinajstić information content (AvgIpc) is 2.77. The molecule has 29 heavy (non-hydrogen) atoms. The molecule has 3 aromatic rings. The molecule has 0 radical (unpaired) electrons. The van der Waals surface area contributed by atoms with Gasteiger partial charge in [0.2, 0.25) is 0 Å². The van der Waals surface area contributed by atoms with Crippen molar-refractivity contribution in [2.24, 2.45) is 4.99 Å². The van der Waals surface area contributed by atoms with E-state index in [4.69, 9.17) is 9.47 Å². The van der Waals surface area contributed by atoms with Crippen molar-refractivity contribution in [3.05, 3.63) is 90.0 Å². The van der Waals surface area contributed by atoms with Crippen LogP contribution in [0.5, 0.6) is 11.5 Å². The van der Waals surface area contributed by atoms with E-state index in [0.717, 1.165) is 30.0 Å². The molecule has 0 bridgehead atoms. The van der Waals surface area contributed by atoms with Crippen molar-refractivity contribution in [3.63, 3.8) is 0 Å². The van der Waals surface area contributed by atoms with Gasteiger partial charge in [0.15, 0.2) is 0 Å². The van der Waals surface area contributed by atoms with Crippen LogP contribution in [-0.2, 0) is 0 Å². The van der Waals surface area contributed by atoms with E-state index >= 15 is 0 Å². The quantitative estimate of drug-likeness (QED) is 0.189. The highest BCUT2D eigenvalue weighted by atomic mass is 16.5. The van der Waals surface area contributed by atoms with E-state index < -0.39 is 0 Å². The second-order valence-electron chi connectivity index (χ2n) is 6.63. The number of rotatable bonds is 9. The van der Waals surface area contributed by atoms with Gasteiger partial charge in [-0.05, 0) is 72.6 Å². The predicted molar refractivity (Wildman–Crippen MR) is 117 cm³/mol. The van der Waals surface area contributed by atoms with Crippen LogP contribution in [0.4, 0.5) is 5.69 Å². The van der Waals surface area contributed by atoms with Gasteiger partial charge in [-0.1, -0.05) is 38.0 Å². The Kier molecular flexibility index (Phi) is 7.58. The van der Waals surface area contributed by atoms with E-state index in [0.29, 0.717) is 11.3 Å². The predicted octanol–water partition coefficient (Wildman–Crippen LogP) is 6.23. The SMILES string of the molecule is CCCCCOc1ccc(C=Nc2ccc(C(=O)Oc3ccccc3)cc2)cc1. The van der Waals surface area contributed by atoms with Gasteiger partial charge in [-0.3, -0.25) is 4.99 Å². The minimum absolute atomic E-state index is 0.388. The summed E-state index contributed by atoms with van der Waals surface area (Å²) in [6.45, 7) is 2.93. The average molecular weight is 387 g/mol. The molecule has 0 amide bonds. The van der Waals surface area contributed by atoms with Crippen molar-refractivity contribution in [1.82, 2.24) is 0 Å². The van der Waals surface area contributed by atoms with Crippen LogP contribution in [0.2, 0.25) is 0 Å². The molecule has 0 aromatic heterocycles. The van der Waals surface area contributed by atoms with E-state index in [1.54, 1.807) is 42.6 Å². The van der Waals surface area contributed by atoms with E-state index in [1.165, 1.54) is 12.8 Å². The maximum atomic E-state index is 12.2. The lowest BCUT2D eigenvalue weighted by Gasteiger charge is -2.05. The zero-order valence-electron chi connectivity index (χ0n) is 16.6. The first-order chi connectivity index (χ1) is 14.2. The first-order valence-corrected chi connectivity index (χ1v) is 9.89. The van der Waals surface area contributed by atoms with Gasteiger partial charge in [-0.25, -0.2) is 4.79 Å². The molecular formula is C25H25NO3. The standard InChI is InChI=1S/C25H25NO3/c1-2-3-7-18-28-23-16-10-20(11-17-23)19-26-22-14-12-21(13-15-22)25(27)29-24-8-5-4-6-9-24/h4-6,8-17,19H,2-3,7,18H2,1H3. The molecule has 0 aliphatic rings. The minimum atomic E-state index is -0.388. The van der Waals surface area contributed by atoms with Crippen molar-refractivity contribution in [2.75, 3.05) is 6.61 Å². The van der Waals surface area contributed by atoms with Gasteiger partial charge < -0.3 is 9.47 Å². The van der Waals surface area contributed by atoms with E-state index in [2.05, 4.69) is 11.9 Å². The zero-order chi connectivity index (χ0) is 20.3. The van der Waals surface area contributed by atoms with Gasteiger partial charge >= 0.3 is 5.97 Å². The molecule has 0 fully saturated rings. The molecule has 0 N–H and O–H groups in total. The number of hydrogen-bond donors (Lipinski definition) is 0. The molecule has 0 aliphatic carbocycles. The van der Waals surface area contributed by atoms with Gasteiger partial charge in [0.25, 0.3) is 0 Å². The van der Waals surface area contributed by atoms with Gasteiger partial charge in [0.05, 0.1) is 17.9 Å². The van der Waals surface area contributed by atoms with Crippen molar-refractivity contribution >= 4 is 17.9 Å². The fourth-order valence-electron chi connectivity index (χ4n) is 2.68. The summed E-state index contributed by atoms with van der Waals surface area (Å²) in [5.41, 5.74) is 2.23. The zero-order valence-corrected chi connectivity index (χ0v) is 16.6. The summed E-state index contributed by atoms with van der Waals surface area (Å²) in [7, 11) is 0. The largest absolute Gasteiger partial charge is 0.494 e. The van der Waals surface area contributed by atoms with E-state index in [-0.39, 0.29) is 5.97 Å². The number of aliphatic imine (C=N–C) groups is 1. The molecule has 0 spiro atoms. The fourth-order valence-corrected chi connectivity index (χ4v) is 2.68. The molecule has 3 aromatic carbocycles. The summed E-state index contributed by atoms with van der Waals surface area (Å²) in [4.78, 5) is 16.6. The molecule has 3 rings (SSSR count). The molecule has 0 unspecified atom stereocenters. The Morgan fingerprint density at radius 2 is 1.59 bits per heavy atom. The maximum Gasteiger partial charge on any atom is 0.343 e. The highest BCUT2D eigenvalue weighted by molar-refractivity contribution is 5.91. The Balaban J connectivity index is 1.53. The third kappa shape index (κ3) is 6.61. The number of esters is 1. The van der Waals surface area contributed by atoms with Crippen LogP contribution in [0.3, 0.4) is 0 Å². The topological polar surface area (TPSA) is 47.9 Å². The van der Waals surface area contributed by atoms with Crippen molar-refractivity contribution < 1.29 is 14.3 Å². The first-order valence-electron chi connectivity index (χ1n) is 9.89. The second-order valence-corrected chi connectivity index (χ2v) is 6.63. The molecule has 0 saturated carbocycles. The number of para-hydroxylation sites is 1. The van der Waals surface area contributed by atoms with Crippen LogP contribution < -0.4 is 9.47 Å². The number of ether oxygens (including phenoxy) is 2. The van der Waals surface area contributed by atoms with Crippen LogP contribution in [0.15, 0.2) is 83.9 Å². The molecule has 0 aliphatic heterocycles. The Morgan fingerprint density at radius 1 is 0.862 bits per heavy atom. The Labute approximate surface area is 171 Å². The lowest BCUT2D eigenvalue weighted by Crippen LogP contribution is -2.07. The Morgan fingerprint density at radius 3 is 2.28 bits per heavy atom. The fraction of sp³-hybridized carbons (Fsp3) is 0.200. The summed E-state index contributed by atoms with van der Waals surface area (Å²) in [6.07, 6.45) is 5.24. The molecular weight excluding hydrogens is 362 g/mol. The molecule has 148 valence electrons. The van der Waals surface area contributed by atoms with Crippen LogP contribution in [-0.4, -0.2) is 18.8 Å². The highest BCUT2D eigenvalue weighted by Gasteiger charge is 2.07. The first kappa shape index (κ1) is 20.3. The second kappa shape index (κ2) is 10.8. The summed E-state index contributed by atoms with van der Waals surface area (Å²) < 4.78 is 11.0. The third-order valence-corrected chi connectivity index (χ3v) is 4.32. The Bertz CT molecular complexity index is 917. The van der Waals surface area contributed by atoms with Crippen molar-refractivity contribution in [1.29, 1.82) is 0 Å². The van der Waals surface area contributed by atoms with E-state index in [1.807, 2.05) is 42.5 Å². The number of nitrogens with zero attached hydrogens (tertiary/aromatic N) is 1. The highest BCUT2D eigenvalue weighted by Crippen LogP contribution is 2.17. The van der Waals surface area contributed by atoms with Gasteiger partial charge in [0, 0.05) is 6.21 Å². The molecule has 4 nitrogen and oxygen atoms in total. The molecule has 0 atom stereocenters. The van der Waals surface area contributed by atoms with Gasteiger partial charge in [-0.2, -0.15) is 0 Å². The molecule has 0 heterocycles. The van der Waals surface area contributed by atoms with Crippen LogP contribution >= 0.6 is 0 Å². The summed E-state index contributed by atoms with van der Waals surface area (Å²) in [6, 6.07) is 23.9. The van der Waals surface area contributed by atoms with Crippen LogP contribution in [0.25, 0.3) is 0 Å². The number of unbranched alkanes of at least 4 members (excludes halogenated alkanes) is 2. The number of hydrogen-bond acceptors (Lipinski definition) is 4. The number of benzene rings is 3. The molecule has 4 heteroatoms. The smallest absolute Gasteiger partial charge is 0.343 e. The monoisotopic (exact) mass is 387 g/mol. The Hall–Kier alpha value is -3.40. The van der Waals surface area contributed by atoms with E-state index in [9.17, 15) is 4.79 Å². The maximum absolute atomic E-state index is 12.2. The van der Waals surface area contributed by atoms with Crippen molar-refractivity contribution in [2.45, 2.75) is 26.2 Å². The van der Waals surface area contributed by atoms with Gasteiger partial charge in [-0.15, -0.1) is 0 Å². The van der Waals surface area contributed by atoms with Crippen LogP contribution in [0.1, 0.15) is 42.1 Å². The lowest BCUT2D eigenvalue weighted by atomic mass is 10.2. The summed E-state index contributed by atoms with van der Waals surface area (Å²) >= 11 is 0. The molecule has 0 saturated heterocycles. The number of carbonyl (C=O) groups is 1. The van der Waals surface area contributed by atoms with Gasteiger partial charge in [0.1, 0.15) is 11.5 Å².